The van der Waals surface area contributed by atoms with Crippen LogP contribution in [0.25, 0.3) is 11.0 Å². The second-order valence-corrected chi connectivity index (χ2v) is 11.2. The molecule has 0 atom stereocenters. The minimum absolute atomic E-state index is 0.144. The Labute approximate surface area is 190 Å². The zero-order chi connectivity index (χ0) is 23.2. The van der Waals surface area contributed by atoms with Crippen LogP contribution >= 0.6 is 0 Å². The van der Waals surface area contributed by atoms with Crippen LogP contribution in [0.5, 0.6) is 0 Å². The van der Waals surface area contributed by atoms with E-state index in [4.69, 9.17) is 4.98 Å². The lowest BCUT2D eigenvalue weighted by molar-refractivity contribution is -0.133. The number of nitrogens with one attached hydrogen (secondary N) is 1. The first kappa shape index (κ1) is 22.8. The fraction of sp³-hybridized carbons (Fsp3) is 0.750. The molecule has 0 spiro atoms. The molecule has 2 aliphatic rings. The molecule has 4 rings (SSSR count). The van der Waals surface area contributed by atoms with Crippen molar-refractivity contribution in [2.24, 2.45) is 24.8 Å². The Morgan fingerprint density at radius 2 is 1.84 bits per heavy atom. The number of nitrogens with zero attached hydrogens (tertiary/aromatic N) is 5. The maximum absolute atomic E-state index is 13.0. The monoisotopic (exact) mass is 442 g/mol. The van der Waals surface area contributed by atoms with E-state index in [1.807, 2.05) is 0 Å². The zero-order valence-electron chi connectivity index (χ0n) is 20.4. The minimum Gasteiger partial charge on any atom is -0.342 e. The number of piperidine rings is 1. The van der Waals surface area contributed by atoms with E-state index in [0.717, 1.165) is 57.6 Å². The molecule has 8 heteroatoms. The molecule has 1 aliphatic heterocycles. The van der Waals surface area contributed by atoms with Crippen LogP contribution in [0.4, 0.5) is 5.95 Å². The van der Waals surface area contributed by atoms with Crippen LogP contribution < -0.4 is 10.5 Å². The summed E-state index contributed by atoms with van der Waals surface area (Å²) in [6.07, 6.45) is 4.13. The number of hydrogen-bond donors (Lipinski definition) is 1. The highest BCUT2D eigenvalue weighted by Crippen LogP contribution is 2.33. The number of rotatable bonds is 6. The summed E-state index contributed by atoms with van der Waals surface area (Å²) in [6, 6.07) is 0. The molecule has 1 saturated carbocycles. The van der Waals surface area contributed by atoms with Crippen LogP contribution in [0.1, 0.15) is 66.0 Å². The summed E-state index contributed by atoms with van der Waals surface area (Å²) in [7, 11) is 1.80. The summed E-state index contributed by atoms with van der Waals surface area (Å²) >= 11 is 0. The summed E-state index contributed by atoms with van der Waals surface area (Å²) in [5.74, 6) is 2.19. The number of aromatic amines is 1. The lowest BCUT2D eigenvalue weighted by Gasteiger charge is -2.35. The molecule has 1 aliphatic carbocycles. The van der Waals surface area contributed by atoms with Crippen molar-refractivity contribution in [2.75, 3.05) is 31.1 Å². The van der Waals surface area contributed by atoms with E-state index in [0.29, 0.717) is 40.6 Å². The average Bonchev–Trinajstić information content (AvgIpc) is 3.49. The van der Waals surface area contributed by atoms with E-state index in [1.54, 1.807) is 11.7 Å². The number of amides is 1. The number of fused-ring (bicyclic) bond motifs is 1. The van der Waals surface area contributed by atoms with E-state index in [2.05, 4.69) is 54.5 Å². The molecular formula is C24H38N6O2. The maximum Gasteiger partial charge on any atom is 0.278 e. The van der Waals surface area contributed by atoms with Gasteiger partial charge in [-0.05, 0) is 37.5 Å². The van der Waals surface area contributed by atoms with Crippen molar-refractivity contribution in [1.29, 1.82) is 0 Å². The number of aromatic nitrogens is 4. The van der Waals surface area contributed by atoms with Gasteiger partial charge in [-0.25, -0.2) is 4.98 Å². The fourth-order valence-corrected chi connectivity index (χ4v) is 4.75. The number of likely N-dealkylation sites (tertiary alicyclic amines) is 1. The Bertz CT molecular complexity index is 1040. The third kappa shape index (κ3) is 4.69. The highest BCUT2D eigenvalue weighted by molar-refractivity contribution is 5.81. The van der Waals surface area contributed by atoms with E-state index in [-0.39, 0.29) is 11.0 Å². The van der Waals surface area contributed by atoms with Crippen LogP contribution in [0, 0.1) is 17.8 Å². The smallest absolute Gasteiger partial charge is 0.278 e. The van der Waals surface area contributed by atoms with Gasteiger partial charge in [0.15, 0.2) is 5.52 Å². The van der Waals surface area contributed by atoms with E-state index >= 15 is 0 Å². The molecule has 0 unspecified atom stereocenters. The van der Waals surface area contributed by atoms with Gasteiger partial charge in [-0.15, -0.1) is 0 Å². The molecule has 32 heavy (non-hydrogen) atoms. The molecule has 2 aromatic rings. The van der Waals surface area contributed by atoms with Gasteiger partial charge >= 0.3 is 0 Å². The predicted molar refractivity (Wildman–Crippen MR) is 127 cm³/mol. The maximum atomic E-state index is 13.0. The largest absolute Gasteiger partial charge is 0.342 e. The molecule has 0 bridgehead atoms. The van der Waals surface area contributed by atoms with Crippen molar-refractivity contribution in [1.82, 2.24) is 24.6 Å². The molecule has 2 aromatic heterocycles. The summed E-state index contributed by atoms with van der Waals surface area (Å²) in [5.41, 5.74) is 1.71. The molecule has 8 nitrogen and oxygen atoms in total. The number of aryl methyl sites for hydroxylation is 1. The van der Waals surface area contributed by atoms with Gasteiger partial charge < -0.3 is 9.80 Å². The number of anilines is 1. The van der Waals surface area contributed by atoms with Crippen LogP contribution in [0.15, 0.2) is 4.79 Å². The van der Waals surface area contributed by atoms with Gasteiger partial charge in [0.25, 0.3) is 5.56 Å². The number of hydrogen-bond acceptors (Lipinski definition) is 5. The Morgan fingerprint density at radius 1 is 1.19 bits per heavy atom. The quantitative estimate of drug-likeness (QED) is 0.743. The normalized spacial score (nSPS) is 18.0. The first-order chi connectivity index (χ1) is 15.0. The van der Waals surface area contributed by atoms with Gasteiger partial charge in [0.05, 0.1) is 5.69 Å². The molecule has 0 aromatic carbocycles. The van der Waals surface area contributed by atoms with Crippen molar-refractivity contribution in [3.8, 4) is 0 Å². The van der Waals surface area contributed by atoms with Crippen molar-refractivity contribution in [3.63, 3.8) is 0 Å². The zero-order valence-corrected chi connectivity index (χ0v) is 20.4. The molecule has 2 fully saturated rings. The Hall–Kier alpha value is -2.38. The Kier molecular flexibility index (Phi) is 6.07. The van der Waals surface area contributed by atoms with E-state index < -0.39 is 0 Å². The molecule has 1 N–H and O–H groups in total. The van der Waals surface area contributed by atoms with Gasteiger partial charge in [0.1, 0.15) is 5.52 Å². The molecule has 3 heterocycles. The fourth-order valence-electron chi connectivity index (χ4n) is 4.75. The highest BCUT2D eigenvalue weighted by Gasteiger charge is 2.35. The van der Waals surface area contributed by atoms with Gasteiger partial charge in [-0.1, -0.05) is 34.6 Å². The second-order valence-electron chi connectivity index (χ2n) is 11.2. The van der Waals surface area contributed by atoms with E-state index in [1.165, 1.54) is 0 Å². The number of H-pyrrole nitrogens is 1. The summed E-state index contributed by atoms with van der Waals surface area (Å²) in [5, 5.41) is 4.62. The molecule has 0 radical (unpaired) electrons. The van der Waals surface area contributed by atoms with Crippen molar-refractivity contribution in [3.05, 3.63) is 16.0 Å². The summed E-state index contributed by atoms with van der Waals surface area (Å²) in [4.78, 5) is 37.7. The average molecular weight is 443 g/mol. The Morgan fingerprint density at radius 3 is 2.41 bits per heavy atom. The first-order valence-electron chi connectivity index (χ1n) is 12.1. The second kappa shape index (κ2) is 8.52. The highest BCUT2D eigenvalue weighted by atomic mass is 16.2. The van der Waals surface area contributed by atoms with Crippen molar-refractivity contribution in [2.45, 2.75) is 65.7 Å². The van der Waals surface area contributed by atoms with Crippen LogP contribution in [-0.2, 0) is 17.3 Å². The van der Waals surface area contributed by atoms with Crippen LogP contribution in [0.3, 0.4) is 0 Å². The van der Waals surface area contributed by atoms with Gasteiger partial charge in [-0.2, -0.15) is 5.10 Å². The van der Waals surface area contributed by atoms with E-state index in [9.17, 15) is 9.59 Å². The van der Waals surface area contributed by atoms with Crippen LogP contribution in [0.2, 0.25) is 0 Å². The summed E-state index contributed by atoms with van der Waals surface area (Å²) in [6.45, 7) is 14.0. The van der Waals surface area contributed by atoms with Gasteiger partial charge in [-0.3, -0.25) is 19.3 Å². The van der Waals surface area contributed by atoms with Gasteiger partial charge in [0.2, 0.25) is 11.9 Å². The standard InChI is InChI=1S/C24H38N6O2/c1-15(2)13-30(14-16-9-11-29(12-10-16)22(32)17-7-8-17)23-25-18-19(21(31)26-23)28(6)27-20(18)24(3,4)5/h15-17H,7-14H2,1-6H3,(H,25,26,31). The number of carbonyl (C=O) groups is 1. The summed E-state index contributed by atoms with van der Waals surface area (Å²) < 4.78 is 1.64. The minimum atomic E-state index is -0.207. The Balaban J connectivity index is 1.58. The molecular weight excluding hydrogens is 404 g/mol. The first-order valence-corrected chi connectivity index (χ1v) is 12.1. The SMILES string of the molecule is CC(C)CN(CC1CCN(C(=O)C2CC2)CC1)c1nc2c(C(C)(C)C)nn(C)c2c(=O)[nH]1. The molecule has 1 amide bonds. The third-order valence-corrected chi connectivity index (χ3v) is 6.61. The lowest BCUT2D eigenvalue weighted by Crippen LogP contribution is -2.43. The van der Waals surface area contributed by atoms with Crippen LogP contribution in [-0.4, -0.2) is 56.7 Å². The van der Waals surface area contributed by atoms with Gasteiger partial charge in [0, 0.05) is 44.6 Å². The number of carbonyl (C=O) groups excluding carboxylic acids is 1. The van der Waals surface area contributed by atoms with Crippen molar-refractivity contribution >= 4 is 22.9 Å². The topological polar surface area (TPSA) is 87.1 Å². The predicted octanol–water partition coefficient (Wildman–Crippen LogP) is 3.07. The third-order valence-electron chi connectivity index (χ3n) is 6.61. The molecule has 1 saturated heterocycles. The lowest BCUT2D eigenvalue weighted by atomic mass is 9.91. The molecule has 176 valence electrons. The van der Waals surface area contributed by atoms with Crippen molar-refractivity contribution < 1.29 is 4.79 Å².